The number of rotatable bonds is 6. The molecule has 1 atom stereocenters. The highest BCUT2D eigenvalue weighted by molar-refractivity contribution is 8.26. The van der Waals surface area contributed by atoms with Crippen LogP contribution in [-0.4, -0.2) is 47.8 Å². The average molecular weight is 429 g/mol. The fourth-order valence-electron chi connectivity index (χ4n) is 2.54. The fourth-order valence-corrected chi connectivity index (χ4v) is 5.80. The molecule has 1 N–H and O–H groups in total. The minimum Gasteiger partial charge on any atom is -0.349 e. The Morgan fingerprint density at radius 2 is 2.27 bits per heavy atom. The summed E-state index contributed by atoms with van der Waals surface area (Å²) in [7, 11) is -3.19. The van der Waals surface area contributed by atoms with Crippen molar-refractivity contribution in [2.75, 3.05) is 12.3 Å². The first-order valence-electron chi connectivity index (χ1n) is 7.83. The van der Waals surface area contributed by atoms with Crippen LogP contribution in [0.25, 0.3) is 6.08 Å². The molecule has 1 fully saturated rings. The van der Waals surface area contributed by atoms with Gasteiger partial charge in [0.1, 0.15) is 4.32 Å². The van der Waals surface area contributed by atoms with Crippen molar-refractivity contribution in [1.29, 1.82) is 0 Å². The molecule has 26 heavy (non-hydrogen) atoms. The third-order valence-electron chi connectivity index (χ3n) is 3.75. The first-order valence-corrected chi connectivity index (χ1v) is 11.7. The van der Waals surface area contributed by atoms with Crippen LogP contribution >= 0.6 is 35.3 Å². The zero-order valence-electron chi connectivity index (χ0n) is 13.6. The summed E-state index contributed by atoms with van der Waals surface area (Å²) < 4.78 is 23.1. The molecular weight excluding hydrogens is 412 g/mol. The van der Waals surface area contributed by atoms with Crippen molar-refractivity contribution in [1.82, 2.24) is 10.2 Å². The zero-order chi connectivity index (χ0) is 18.7. The highest BCUT2D eigenvalue weighted by Gasteiger charge is 2.31. The van der Waals surface area contributed by atoms with Gasteiger partial charge in [-0.15, -0.1) is 11.3 Å². The van der Waals surface area contributed by atoms with Gasteiger partial charge in [-0.3, -0.25) is 14.5 Å². The summed E-state index contributed by atoms with van der Waals surface area (Å²) in [6.07, 6.45) is 3.95. The SMILES string of the molecule is O=C(CCCN1C(=O)/C(=C\c2cccs2)SC1=S)N[C@H]1C=CS(=O)(=O)C1. The number of nitrogens with zero attached hydrogens (tertiary/aromatic N) is 1. The summed E-state index contributed by atoms with van der Waals surface area (Å²) in [4.78, 5) is 27.5. The van der Waals surface area contributed by atoms with Gasteiger partial charge >= 0.3 is 0 Å². The Morgan fingerprint density at radius 3 is 2.92 bits per heavy atom. The molecular formula is C16H16N2O4S4. The van der Waals surface area contributed by atoms with Gasteiger partial charge in [-0.25, -0.2) is 8.42 Å². The van der Waals surface area contributed by atoms with Gasteiger partial charge in [-0.2, -0.15) is 0 Å². The molecule has 0 bridgehead atoms. The van der Waals surface area contributed by atoms with Crippen molar-refractivity contribution >= 4 is 67.4 Å². The Balaban J connectivity index is 1.47. The van der Waals surface area contributed by atoms with Gasteiger partial charge in [0, 0.05) is 23.3 Å². The summed E-state index contributed by atoms with van der Waals surface area (Å²) in [5.41, 5.74) is 0. The second-order valence-electron chi connectivity index (χ2n) is 5.78. The maximum Gasteiger partial charge on any atom is 0.266 e. The van der Waals surface area contributed by atoms with E-state index in [0.29, 0.717) is 22.2 Å². The lowest BCUT2D eigenvalue weighted by Crippen LogP contribution is -2.36. The van der Waals surface area contributed by atoms with Gasteiger partial charge in [0.15, 0.2) is 9.84 Å². The number of thioether (sulfide) groups is 1. The van der Waals surface area contributed by atoms with E-state index >= 15 is 0 Å². The number of sulfone groups is 1. The maximum atomic E-state index is 12.4. The lowest BCUT2D eigenvalue weighted by atomic mass is 10.2. The number of nitrogens with one attached hydrogen (secondary N) is 1. The number of amides is 2. The van der Waals surface area contributed by atoms with E-state index in [1.165, 1.54) is 22.7 Å². The number of carbonyl (C=O) groups is 2. The number of thiophene rings is 1. The Morgan fingerprint density at radius 1 is 1.46 bits per heavy atom. The molecule has 1 saturated heterocycles. The van der Waals surface area contributed by atoms with E-state index in [1.54, 1.807) is 11.3 Å². The largest absolute Gasteiger partial charge is 0.349 e. The van der Waals surface area contributed by atoms with Crippen molar-refractivity contribution in [3.8, 4) is 0 Å². The minimum atomic E-state index is -3.19. The second-order valence-corrected chi connectivity index (χ2v) is 10.4. The fraction of sp³-hybridized carbons (Fsp3) is 0.312. The molecule has 0 saturated carbocycles. The molecule has 0 spiro atoms. The molecule has 0 aromatic carbocycles. The number of thiocarbonyl (C=S) groups is 1. The van der Waals surface area contributed by atoms with Crippen LogP contribution in [0.3, 0.4) is 0 Å². The minimum absolute atomic E-state index is 0.0963. The van der Waals surface area contributed by atoms with Gasteiger partial charge in [0.05, 0.1) is 16.7 Å². The van der Waals surface area contributed by atoms with Gasteiger partial charge < -0.3 is 5.32 Å². The van der Waals surface area contributed by atoms with Crippen molar-refractivity contribution < 1.29 is 18.0 Å². The van der Waals surface area contributed by atoms with E-state index in [4.69, 9.17) is 12.2 Å². The van der Waals surface area contributed by atoms with Crippen LogP contribution in [0.15, 0.2) is 33.9 Å². The molecule has 6 nitrogen and oxygen atoms in total. The van der Waals surface area contributed by atoms with E-state index in [1.807, 2.05) is 23.6 Å². The smallest absolute Gasteiger partial charge is 0.266 e. The van der Waals surface area contributed by atoms with E-state index in [0.717, 1.165) is 10.3 Å². The Labute approximate surface area is 165 Å². The molecule has 1 aromatic heterocycles. The van der Waals surface area contributed by atoms with Gasteiger partial charge in [-0.05, 0) is 30.0 Å². The van der Waals surface area contributed by atoms with Crippen molar-refractivity contribution in [3.05, 3.63) is 38.8 Å². The summed E-state index contributed by atoms with van der Waals surface area (Å²) in [6.45, 7) is 0.360. The van der Waals surface area contributed by atoms with Crippen molar-refractivity contribution in [2.45, 2.75) is 18.9 Å². The van der Waals surface area contributed by atoms with E-state index < -0.39 is 15.9 Å². The molecule has 0 radical (unpaired) electrons. The van der Waals surface area contributed by atoms with Gasteiger partial charge in [0.2, 0.25) is 5.91 Å². The predicted octanol–water partition coefficient (Wildman–Crippen LogP) is 2.16. The molecule has 1 aromatic rings. The van der Waals surface area contributed by atoms with Crippen LogP contribution in [0.2, 0.25) is 0 Å². The van der Waals surface area contributed by atoms with E-state index in [-0.39, 0.29) is 24.0 Å². The summed E-state index contributed by atoms with van der Waals surface area (Å²) in [5.74, 6) is -0.476. The molecule has 138 valence electrons. The first-order chi connectivity index (χ1) is 12.3. The first kappa shape index (κ1) is 19.3. The lowest BCUT2D eigenvalue weighted by molar-refractivity contribution is -0.124. The molecule has 2 aliphatic heterocycles. The quantitative estimate of drug-likeness (QED) is 0.552. The second kappa shape index (κ2) is 8.03. The number of carbonyl (C=O) groups excluding carboxylic acids is 2. The van der Waals surface area contributed by atoms with Crippen LogP contribution in [0.5, 0.6) is 0 Å². The monoisotopic (exact) mass is 428 g/mol. The average Bonchev–Trinajstić information content (AvgIpc) is 3.25. The van der Waals surface area contributed by atoms with Crippen molar-refractivity contribution in [2.24, 2.45) is 0 Å². The highest BCUT2D eigenvalue weighted by atomic mass is 32.2. The zero-order valence-corrected chi connectivity index (χ0v) is 16.8. The Hall–Kier alpha value is -1.49. The third-order valence-corrected chi connectivity index (χ3v) is 7.34. The summed E-state index contributed by atoms with van der Waals surface area (Å²) in [5, 5.41) is 5.73. The molecule has 0 aliphatic carbocycles. The molecule has 10 heteroatoms. The molecule has 0 unspecified atom stereocenters. The summed E-state index contributed by atoms with van der Waals surface area (Å²) >= 11 is 8.07. The van der Waals surface area contributed by atoms with Crippen LogP contribution < -0.4 is 5.32 Å². The maximum absolute atomic E-state index is 12.4. The van der Waals surface area contributed by atoms with Gasteiger partial charge in [0.25, 0.3) is 5.91 Å². The Bertz CT molecular complexity index is 887. The van der Waals surface area contributed by atoms with Crippen LogP contribution in [-0.2, 0) is 19.4 Å². The van der Waals surface area contributed by atoms with E-state index in [2.05, 4.69) is 5.32 Å². The number of hydrogen-bond acceptors (Lipinski definition) is 7. The van der Waals surface area contributed by atoms with Crippen LogP contribution in [0, 0.1) is 0 Å². The predicted molar refractivity (Wildman–Crippen MR) is 108 cm³/mol. The third kappa shape index (κ3) is 4.81. The van der Waals surface area contributed by atoms with Crippen molar-refractivity contribution in [3.63, 3.8) is 0 Å². The normalized spacial score (nSPS) is 23.2. The molecule has 3 rings (SSSR count). The van der Waals surface area contributed by atoms with E-state index in [9.17, 15) is 18.0 Å². The van der Waals surface area contributed by atoms with Gasteiger partial charge in [-0.1, -0.05) is 30.0 Å². The molecule has 2 amide bonds. The Kier molecular flexibility index (Phi) is 5.96. The van der Waals surface area contributed by atoms with Crippen LogP contribution in [0.1, 0.15) is 17.7 Å². The number of hydrogen-bond donors (Lipinski definition) is 1. The standard InChI is InChI=1S/C16H16N2O4S4/c19-14(17-11-5-8-26(21,22)10-11)4-1-6-18-15(20)13(25-16(18)23)9-12-3-2-7-24-12/h2-3,5,7-9,11H,1,4,6,10H2,(H,17,19)/b13-9+/t11-/m0/s1. The molecule has 3 heterocycles. The van der Waals surface area contributed by atoms with Crippen LogP contribution in [0.4, 0.5) is 0 Å². The highest BCUT2D eigenvalue weighted by Crippen LogP contribution is 2.33. The summed E-state index contributed by atoms with van der Waals surface area (Å²) in [6, 6.07) is 3.37. The molecule has 2 aliphatic rings. The lowest BCUT2D eigenvalue weighted by Gasteiger charge is -2.15. The topological polar surface area (TPSA) is 83.6 Å².